The molecule has 0 radical (unpaired) electrons. The van der Waals surface area contributed by atoms with Gasteiger partial charge in [-0.2, -0.15) is 0 Å². The van der Waals surface area contributed by atoms with E-state index in [2.05, 4.69) is 42.2 Å². The lowest BCUT2D eigenvalue weighted by Crippen LogP contribution is -2.11. The van der Waals surface area contributed by atoms with Crippen molar-refractivity contribution in [2.24, 2.45) is 11.3 Å². The van der Waals surface area contributed by atoms with Gasteiger partial charge in [0.25, 0.3) is 0 Å². The third-order valence-corrected chi connectivity index (χ3v) is 4.44. The van der Waals surface area contributed by atoms with E-state index in [1.54, 1.807) is 11.3 Å². The standard InChI is InChI=1S/C12H16N4S/c1-6-4-7-9(16-13)14-10(15-11(7)17-6)8-5-12(8,2)3/h4,8H,5,13H2,1-3H3,(H,14,15,16). The molecule has 1 aliphatic rings. The lowest BCUT2D eigenvalue weighted by Gasteiger charge is -2.06. The van der Waals surface area contributed by atoms with Crippen LogP contribution < -0.4 is 11.3 Å². The molecule has 0 bridgehead atoms. The Labute approximate surface area is 104 Å². The highest BCUT2D eigenvalue weighted by Gasteiger charge is 2.48. The molecule has 5 heteroatoms. The molecule has 0 spiro atoms. The molecule has 0 saturated heterocycles. The van der Waals surface area contributed by atoms with Gasteiger partial charge in [-0.05, 0) is 24.8 Å². The molecule has 2 aromatic heterocycles. The maximum atomic E-state index is 5.55. The molecule has 0 aromatic carbocycles. The Hall–Kier alpha value is -1.20. The number of thiophene rings is 1. The minimum Gasteiger partial charge on any atom is -0.308 e. The molecule has 1 unspecified atom stereocenters. The van der Waals surface area contributed by atoms with Crippen LogP contribution in [0.2, 0.25) is 0 Å². The van der Waals surface area contributed by atoms with Gasteiger partial charge in [0, 0.05) is 10.8 Å². The van der Waals surface area contributed by atoms with Crippen molar-refractivity contribution in [3.05, 3.63) is 16.8 Å². The third kappa shape index (κ3) is 1.70. The lowest BCUT2D eigenvalue weighted by molar-refractivity contribution is 0.610. The fourth-order valence-electron chi connectivity index (χ4n) is 2.23. The largest absolute Gasteiger partial charge is 0.308 e. The molecule has 0 aliphatic heterocycles. The van der Waals surface area contributed by atoms with E-state index >= 15 is 0 Å². The van der Waals surface area contributed by atoms with Crippen molar-refractivity contribution >= 4 is 27.4 Å². The zero-order valence-corrected chi connectivity index (χ0v) is 11.1. The molecule has 1 atom stereocenters. The fraction of sp³-hybridized carbons (Fsp3) is 0.500. The molecule has 17 heavy (non-hydrogen) atoms. The van der Waals surface area contributed by atoms with Gasteiger partial charge in [-0.15, -0.1) is 11.3 Å². The molecule has 1 aliphatic carbocycles. The van der Waals surface area contributed by atoms with Crippen LogP contribution in [0, 0.1) is 12.3 Å². The summed E-state index contributed by atoms with van der Waals surface area (Å²) in [6.45, 7) is 6.58. The second kappa shape index (κ2) is 3.40. The molecule has 3 rings (SSSR count). The Balaban J connectivity index is 2.15. The molecule has 2 heterocycles. The molecule has 1 saturated carbocycles. The molecule has 2 aromatic rings. The third-order valence-electron chi connectivity index (χ3n) is 3.50. The first-order valence-electron chi connectivity index (χ1n) is 5.76. The van der Waals surface area contributed by atoms with Crippen molar-refractivity contribution in [2.75, 3.05) is 5.43 Å². The number of rotatable bonds is 2. The summed E-state index contributed by atoms with van der Waals surface area (Å²) in [6.07, 6.45) is 1.16. The van der Waals surface area contributed by atoms with E-state index < -0.39 is 0 Å². The Bertz CT molecular complexity index is 587. The van der Waals surface area contributed by atoms with E-state index in [1.807, 2.05) is 0 Å². The number of hydrogen-bond acceptors (Lipinski definition) is 5. The SMILES string of the molecule is Cc1cc2c(NN)nc(C3CC3(C)C)nc2s1. The first-order valence-corrected chi connectivity index (χ1v) is 6.57. The van der Waals surface area contributed by atoms with Gasteiger partial charge in [0.2, 0.25) is 0 Å². The van der Waals surface area contributed by atoms with Crippen molar-refractivity contribution < 1.29 is 0 Å². The number of hydrazine groups is 1. The number of nitrogens with zero attached hydrogens (tertiary/aromatic N) is 2. The minimum atomic E-state index is 0.339. The monoisotopic (exact) mass is 248 g/mol. The van der Waals surface area contributed by atoms with Crippen LogP contribution in [0.1, 0.15) is 36.9 Å². The summed E-state index contributed by atoms with van der Waals surface area (Å²) in [6, 6.07) is 2.08. The molecular weight excluding hydrogens is 232 g/mol. The zero-order valence-electron chi connectivity index (χ0n) is 10.2. The lowest BCUT2D eigenvalue weighted by atomic mass is 10.1. The number of aromatic nitrogens is 2. The van der Waals surface area contributed by atoms with E-state index in [4.69, 9.17) is 5.84 Å². The maximum absolute atomic E-state index is 5.55. The first-order chi connectivity index (χ1) is 8.01. The zero-order chi connectivity index (χ0) is 12.2. The summed E-state index contributed by atoms with van der Waals surface area (Å²) in [7, 11) is 0. The van der Waals surface area contributed by atoms with E-state index in [0.29, 0.717) is 11.3 Å². The summed E-state index contributed by atoms with van der Waals surface area (Å²) in [5.74, 6) is 7.70. The van der Waals surface area contributed by atoms with Crippen LogP contribution >= 0.6 is 11.3 Å². The van der Waals surface area contributed by atoms with Gasteiger partial charge >= 0.3 is 0 Å². The molecule has 4 nitrogen and oxygen atoms in total. The average molecular weight is 248 g/mol. The minimum absolute atomic E-state index is 0.339. The predicted molar refractivity (Wildman–Crippen MR) is 71.1 cm³/mol. The number of nitrogens with one attached hydrogen (secondary N) is 1. The van der Waals surface area contributed by atoms with Gasteiger partial charge in [-0.25, -0.2) is 15.8 Å². The number of nitrogens with two attached hydrogens (primary N) is 1. The second-order valence-corrected chi connectivity index (χ2v) is 6.63. The van der Waals surface area contributed by atoms with Gasteiger partial charge in [0.15, 0.2) is 5.82 Å². The smallest absolute Gasteiger partial charge is 0.152 e. The van der Waals surface area contributed by atoms with Gasteiger partial charge < -0.3 is 5.43 Å². The molecule has 0 amide bonds. The van der Waals surface area contributed by atoms with Gasteiger partial charge in [-0.1, -0.05) is 13.8 Å². The molecule has 3 N–H and O–H groups in total. The quantitative estimate of drug-likeness (QED) is 0.633. The summed E-state index contributed by atoms with van der Waals surface area (Å²) < 4.78 is 0. The summed E-state index contributed by atoms with van der Waals surface area (Å²) in [4.78, 5) is 11.5. The van der Waals surface area contributed by atoms with E-state index in [0.717, 1.165) is 28.3 Å². The van der Waals surface area contributed by atoms with Crippen molar-refractivity contribution in [3.63, 3.8) is 0 Å². The van der Waals surface area contributed by atoms with Crippen LogP contribution in [0.25, 0.3) is 10.2 Å². The molecule has 1 fully saturated rings. The average Bonchev–Trinajstić information content (AvgIpc) is 2.74. The van der Waals surface area contributed by atoms with E-state index in [1.165, 1.54) is 4.88 Å². The first kappa shape index (κ1) is 10.9. The summed E-state index contributed by atoms with van der Waals surface area (Å²) >= 11 is 1.69. The van der Waals surface area contributed by atoms with Gasteiger partial charge in [0.1, 0.15) is 10.7 Å². The topological polar surface area (TPSA) is 63.8 Å². The second-order valence-electron chi connectivity index (χ2n) is 5.40. The highest BCUT2D eigenvalue weighted by molar-refractivity contribution is 7.18. The fourth-order valence-corrected chi connectivity index (χ4v) is 3.12. The van der Waals surface area contributed by atoms with Crippen LogP contribution in [-0.2, 0) is 0 Å². The number of fused-ring (bicyclic) bond motifs is 1. The van der Waals surface area contributed by atoms with Crippen molar-refractivity contribution in [2.45, 2.75) is 33.1 Å². The number of anilines is 1. The van der Waals surface area contributed by atoms with Gasteiger partial charge in [0.05, 0.1) is 5.39 Å². The van der Waals surface area contributed by atoms with E-state index in [9.17, 15) is 0 Å². The van der Waals surface area contributed by atoms with Gasteiger partial charge in [-0.3, -0.25) is 0 Å². The van der Waals surface area contributed by atoms with Crippen molar-refractivity contribution in [1.29, 1.82) is 0 Å². The van der Waals surface area contributed by atoms with Crippen LogP contribution in [0.3, 0.4) is 0 Å². The molecule has 90 valence electrons. The van der Waals surface area contributed by atoms with Crippen molar-refractivity contribution in [1.82, 2.24) is 9.97 Å². The van der Waals surface area contributed by atoms with Crippen LogP contribution in [0.4, 0.5) is 5.82 Å². The Morgan fingerprint density at radius 2 is 2.18 bits per heavy atom. The maximum Gasteiger partial charge on any atom is 0.152 e. The molecular formula is C12H16N4S. The van der Waals surface area contributed by atoms with Crippen molar-refractivity contribution in [3.8, 4) is 0 Å². The Morgan fingerprint density at radius 3 is 2.76 bits per heavy atom. The Morgan fingerprint density at radius 1 is 1.47 bits per heavy atom. The number of nitrogen functional groups attached to an aromatic ring is 1. The van der Waals surface area contributed by atoms with Crippen LogP contribution in [-0.4, -0.2) is 9.97 Å². The predicted octanol–water partition coefficient (Wildman–Crippen LogP) is 2.80. The Kier molecular flexibility index (Phi) is 2.18. The number of hydrogen-bond donors (Lipinski definition) is 2. The van der Waals surface area contributed by atoms with Crippen LogP contribution in [0.5, 0.6) is 0 Å². The van der Waals surface area contributed by atoms with E-state index in [-0.39, 0.29) is 0 Å². The van der Waals surface area contributed by atoms with Crippen LogP contribution in [0.15, 0.2) is 6.07 Å². The summed E-state index contributed by atoms with van der Waals surface area (Å²) in [5.41, 5.74) is 3.03. The highest BCUT2D eigenvalue weighted by Crippen LogP contribution is 2.57. The number of aryl methyl sites for hydroxylation is 1. The highest BCUT2D eigenvalue weighted by atomic mass is 32.1. The normalized spacial score (nSPS) is 21.8. The summed E-state index contributed by atoms with van der Waals surface area (Å²) in [5, 5.41) is 1.03.